The third kappa shape index (κ3) is 4.62. The molecule has 0 amide bonds. The Balaban J connectivity index is 2.33. The van der Waals surface area contributed by atoms with E-state index in [0.29, 0.717) is 11.6 Å². The molecule has 18 heavy (non-hydrogen) atoms. The predicted molar refractivity (Wildman–Crippen MR) is 76.0 cm³/mol. The van der Waals surface area contributed by atoms with E-state index in [2.05, 4.69) is 12.0 Å². The molecule has 1 aromatic rings. The number of aliphatic hydroxyl groups is 1. The van der Waals surface area contributed by atoms with Crippen molar-refractivity contribution in [2.45, 2.75) is 64.9 Å². The first-order valence-corrected chi connectivity index (χ1v) is 7.30. The monoisotopic (exact) mass is 272 g/mol. The average Bonchev–Trinajstić information content (AvgIpc) is 2.56. The number of aromatic nitrogens is 2. The zero-order valence-electron chi connectivity index (χ0n) is 11.7. The number of aliphatic hydroxyl groups excluding tert-OH is 1. The summed E-state index contributed by atoms with van der Waals surface area (Å²) in [6.07, 6.45) is 7.31. The van der Waals surface area contributed by atoms with Crippen molar-refractivity contribution in [2.75, 3.05) is 0 Å². The van der Waals surface area contributed by atoms with Crippen LogP contribution in [0.15, 0.2) is 0 Å². The van der Waals surface area contributed by atoms with Gasteiger partial charge in [0.1, 0.15) is 5.15 Å². The van der Waals surface area contributed by atoms with Gasteiger partial charge in [0.2, 0.25) is 0 Å². The van der Waals surface area contributed by atoms with Crippen LogP contribution in [0.1, 0.15) is 56.7 Å². The van der Waals surface area contributed by atoms with Gasteiger partial charge in [-0.2, -0.15) is 5.10 Å². The molecule has 0 aliphatic carbocycles. The van der Waals surface area contributed by atoms with Gasteiger partial charge in [-0.1, -0.05) is 50.6 Å². The van der Waals surface area contributed by atoms with Crippen molar-refractivity contribution in [3.05, 3.63) is 16.4 Å². The van der Waals surface area contributed by atoms with Crippen molar-refractivity contribution in [3.8, 4) is 0 Å². The van der Waals surface area contributed by atoms with Gasteiger partial charge in [-0.25, -0.2) is 0 Å². The second-order valence-corrected chi connectivity index (χ2v) is 5.40. The number of nitrogens with zero attached hydrogens (tertiary/aromatic N) is 2. The summed E-state index contributed by atoms with van der Waals surface area (Å²) < 4.78 is 1.67. The summed E-state index contributed by atoms with van der Waals surface area (Å²) in [6.45, 7) is 4.15. The Labute approximate surface area is 115 Å². The van der Waals surface area contributed by atoms with Crippen LogP contribution in [-0.2, 0) is 13.5 Å². The molecule has 1 atom stereocenters. The molecule has 104 valence electrons. The van der Waals surface area contributed by atoms with Crippen LogP contribution in [0.25, 0.3) is 0 Å². The molecule has 0 saturated carbocycles. The van der Waals surface area contributed by atoms with Gasteiger partial charge >= 0.3 is 0 Å². The van der Waals surface area contributed by atoms with E-state index in [-0.39, 0.29) is 6.10 Å². The molecule has 1 aromatic heterocycles. The van der Waals surface area contributed by atoms with Gasteiger partial charge in [-0.3, -0.25) is 4.68 Å². The normalized spacial score (nSPS) is 12.9. The highest BCUT2D eigenvalue weighted by molar-refractivity contribution is 6.30. The van der Waals surface area contributed by atoms with E-state index in [1.165, 1.54) is 25.7 Å². The van der Waals surface area contributed by atoms with Gasteiger partial charge in [0.15, 0.2) is 0 Å². The van der Waals surface area contributed by atoms with Crippen LogP contribution in [0.2, 0.25) is 5.15 Å². The lowest BCUT2D eigenvalue weighted by Gasteiger charge is -2.10. The quantitative estimate of drug-likeness (QED) is 0.734. The Kier molecular flexibility index (Phi) is 6.72. The molecular formula is C14H25ClN2O. The molecule has 1 heterocycles. The van der Waals surface area contributed by atoms with Crippen LogP contribution in [0.4, 0.5) is 0 Å². The highest BCUT2D eigenvalue weighted by Gasteiger charge is 2.15. The van der Waals surface area contributed by atoms with Crippen LogP contribution < -0.4 is 0 Å². The molecule has 0 fully saturated rings. The first-order chi connectivity index (χ1) is 8.56. The number of aryl methyl sites for hydroxylation is 2. The summed E-state index contributed by atoms with van der Waals surface area (Å²) in [6, 6.07) is 0. The van der Waals surface area contributed by atoms with Gasteiger partial charge in [0.25, 0.3) is 0 Å². The van der Waals surface area contributed by atoms with Crippen LogP contribution in [0, 0.1) is 6.92 Å². The number of rotatable bonds is 8. The summed E-state index contributed by atoms with van der Waals surface area (Å²) in [7, 11) is 1.83. The Morgan fingerprint density at radius 2 is 1.94 bits per heavy atom. The minimum absolute atomic E-state index is 0.299. The summed E-state index contributed by atoms with van der Waals surface area (Å²) >= 11 is 6.15. The molecular weight excluding hydrogens is 248 g/mol. The molecule has 0 spiro atoms. The van der Waals surface area contributed by atoms with Gasteiger partial charge in [0, 0.05) is 19.0 Å². The molecule has 3 nitrogen and oxygen atoms in total. The van der Waals surface area contributed by atoms with Crippen molar-refractivity contribution in [1.82, 2.24) is 9.78 Å². The lowest BCUT2D eigenvalue weighted by atomic mass is 10.0. The smallest absolute Gasteiger partial charge is 0.130 e. The average molecular weight is 273 g/mol. The van der Waals surface area contributed by atoms with E-state index in [1.807, 2.05) is 14.0 Å². The third-order valence-electron chi connectivity index (χ3n) is 3.35. The predicted octanol–water partition coefficient (Wildman–Crippen LogP) is 3.65. The molecule has 1 rings (SSSR count). The van der Waals surface area contributed by atoms with Crippen molar-refractivity contribution in [1.29, 1.82) is 0 Å². The van der Waals surface area contributed by atoms with Crippen molar-refractivity contribution < 1.29 is 5.11 Å². The molecule has 1 unspecified atom stereocenters. The van der Waals surface area contributed by atoms with E-state index in [1.54, 1.807) is 4.68 Å². The Bertz CT molecular complexity index is 363. The Morgan fingerprint density at radius 1 is 1.28 bits per heavy atom. The SMILES string of the molecule is CCCCCCCC(O)Cc1c(C)nn(C)c1Cl. The molecule has 0 radical (unpaired) electrons. The van der Waals surface area contributed by atoms with Crippen molar-refractivity contribution in [2.24, 2.45) is 7.05 Å². The van der Waals surface area contributed by atoms with Crippen molar-refractivity contribution >= 4 is 11.6 Å². The first kappa shape index (κ1) is 15.5. The molecule has 1 N–H and O–H groups in total. The van der Waals surface area contributed by atoms with E-state index in [4.69, 9.17) is 11.6 Å². The molecule has 0 aliphatic rings. The van der Waals surface area contributed by atoms with Gasteiger partial charge in [-0.05, 0) is 13.3 Å². The highest BCUT2D eigenvalue weighted by atomic mass is 35.5. The maximum atomic E-state index is 10.0. The molecule has 0 aromatic carbocycles. The molecule has 0 bridgehead atoms. The fourth-order valence-corrected chi connectivity index (χ4v) is 2.48. The largest absolute Gasteiger partial charge is 0.393 e. The van der Waals surface area contributed by atoms with Gasteiger partial charge in [-0.15, -0.1) is 0 Å². The lowest BCUT2D eigenvalue weighted by Crippen LogP contribution is -2.11. The second-order valence-electron chi connectivity index (χ2n) is 5.04. The van der Waals surface area contributed by atoms with Gasteiger partial charge in [0.05, 0.1) is 11.8 Å². The maximum absolute atomic E-state index is 10.0. The minimum atomic E-state index is -0.299. The Morgan fingerprint density at radius 3 is 2.50 bits per heavy atom. The maximum Gasteiger partial charge on any atom is 0.130 e. The van der Waals surface area contributed by atoms with E-state index in [0.717, 1.165) is 24.1 Å². The number of unbranched alkanes of at least 4 members (excludes halogenated alkanes) is 4. The van der Waals surface area contributed by atoms with Gasteiger partial charge < -0.3 is 5.11 Å². The fraction of sp³-hybridized carbons (Fsp3) is 0.786. The topological polar surface area (TPSA) is 38.1 Å². The van der Waals surface area contributed by atoms with Crippen LogP contribution >= 0.6 is 11.6 Å². The highest BCUT2D eigenvalue weighted by Crippen LogP contribution is 2.21. The summed E-state index contributed by atoms with van der Waals surface area (Å²) in [5.41, 5.74) is 1.91. The number of hydrogen-bond acceptors (Lipinski definition) is 2. The van der Waals surface area contributed by atoms with Crippen LogP contribution in [0.3, 0.4) is 0 Å². The molecule has 0 aliphatic heterocycles. The van der Waals surface area contributed by atoms with E-state index >= 15 is 0 Å². The zero-order valence-corrected chi connectivity index (χ0v) is 12.5. The molecule has 0 saturated heterocycles. The minimum Gasteiger partial charge on any atom is -0.393 e. The van der Waals surface area contributed by atoms with Crippen LogP contribution in [-0.4, -0.2) is 21.0 Å². The summed E-state index contributed by atoms with van der Waals surface area (Å²) in [4.78, 5) is 0. The molecule has 4 heteroatoms. The third-order valence-corrected chi connectivity index (χ3v) is 3.82. The summed E-state index contributed by atoms with van der Waals surface area (Å²) in [5.74, 6) is 0. The lowest BCUT2D eigenvalue weighted by molar-refractivity contribution is 0.160. The first-order valence-electron chi connectivity index (χ1n) is 6.92. The zero-order chi connectivity index (χ0) is 13.5. The van der Waals surface area contributed by atoms with Crippen molar-refractivity contribution in [3.63, 3.8) is 0 Å². The van der Waals surface area contributed by atoms with E-state index in [9.17, 15) is 5.11 Å². The van der Waals surface area contributed by atoms with E-state index < -0.39 is 0 Å². The number of hydrogen-bond donors (Lipinski definition) is 1. The Hall–Kier alpha value is -0.540. The number of halogens is 1. The fourth-order valence-electron chi connectivity index (χ4n) is 2.23. The van der Waals surface area contributed by atoms with Crippen LogP contribution in [0.5, 0.6) is 0 Å². The standard InChI is InChI=1S/C14H25ClN2O/c1-4-5-6-7-8-9-12(18)10-13-11(2)16-17(3)14(13)15/h12,18H,4-10H2,1-3H3. The summed E-state index contributed by atoms with van der Waals surface area (Å²) in [5, 5.41) is 14.9. The second kappa shape index (κ2) is 7.80.